The van der Waals surface area contributed by atoms with E-state index in [0.29, 0.717) is 31.0 Å². The summed E-state index contributed by atoms with van der Waals surface area (Å²) in [4.78, 5) is 11.9. The molecule has 0 aliphatic carbocycles. The van der Waals surface area contributed by atoms with Gasteiger partial charge in [0.05, 0.1) is 12.8 Å². The maximum atomic E-state index is 11.9. The Labute approximate surface area is 142 Å². The number of carbonyl (C=O) groups excluding carboxylic acids is 1. The van der Waals surface area contributed by atoms with Crippen molar-refractivity contribution in [3.63, 3.8) is 0 Å². The van der Waals surface area contributed by atoms with E-state index < -0.39 is 10.0 Å². The Morgan fingerprint density at radius 1 is 1.39 bits per heavy atom. The topological polar surface area (TPSA) is 75.7 Å². The fraction of sp³-hybridized carbons (Fsp3) is 0.533. The highest BCUT2D eigenvalue weighted by Crippen LogP contribution is 2.10. The van der Waals surface area contributed by atoms with Gasteiger partial charge in [-0.3, -0.25) is 4.79 Å². The van der Waals surface area contributed by atoms with Gasteiger partial charge in [-0.15, -0.1) is 0 Å². The van der Waals surface area contributed by atoms with Crippen LogP contribution in [0.1, 0.15) is 12.0 Å². The third-order valence-corrected chi connectivity index (χ3v) is 4.65. The van der Waals surface area contributed by atoms with Gasteiger partial charge in [0, 0.05) is 31.8 Å². The number of amides is 1. The lowest BCUT2D eigenvalue weighted by atomic mass is 10.1. The van der Waals surface area contributed by atoms with E-state index in [9.17, 15) is 13.2 Å². The van der Waals surface area contributed by atoms with Gasteiger partial charge in [0.25, 0.3) is 0 Å². The lowest BCUT2D eigenvalue weighted by Crippen LogP contribution is -2.41. The zero-order chi connectivity index (χ0) is 17.3. The second-order valence-corrected chi connectivity index (χ2v) is 7.59. The Morgan fingerprint density at radius 3 is 2.74 bits per heavy atom. The number of halogens is 1. The number of rotatable bonds is 10. The van der Waals surface area contributed by atoms with E-state index in [1.54, 1.807) is 13.2 Å². The molecule has 0 fully saturated rings. The van der Waals surface area contributed by atoms with Crippen LogP contribution in [0.25, 0.3) is 0 Å². The van der Waals surface area contributed by atoms with Crippen molar-refractivity contribution in [3.8, 4) is 0 Å². The number of ether oxygens (including phenoxy) is 1. The van der Waals surface area contributed by atoms with Crippen molar-refractivity contribution in [1.82, 2.24) is 9.62 Å². The highest BCUT2D eigenvalue weighted by atomic mass is 35.5. The Hall–Kier alpha value is -1.15. The van der Waals surface area contributed by atoms with Gasteiger partial charge in [0.1, 0.15) is 0 Å². The molecule has 0 bridgehead atoms. The largest absolute Gasteiger partial charge is 0.385 e. The van der Waals surface area contributed by atoms with Gasteiger partial charge in [-0.05, 0) is 30.5 Å². The zero-order valence-electron chi connectivity index (χ0n) is 13.4. The van der Waals surface area contributed by atoms with Gasteiger partial charge in [-0.2, -0.15) is 4.31 Å². The van der Waals surface area contributed by atoms with Gasteiger partial charge in [-0.25, -0.2) is 8.42 Å². The zero-order valence-corrected chi connectivity index (χ0v) is 15.0. The molecule has 0 atom stereocenters. The number of methoxy groups -OCH3 is 1. The van der Waals surface area contributed by atoms with Gasteiger partial charge in [0.2, 0.25) is 15.9 Å². The van der Waals surface area contributed by atoms with Crippen LogP contribution in [-0.4, -0.2) is 58.2 Å². The number of nitrogens with zero attached hydrogens (tertiary/aromatic N) is 1. The molecule has 0 saturated carbocycles. The predicted molar refractivity (Wildman–Crippen MR) is 91.1 cm³/mol. The molecule has 0 spiro atoms. The highest BCUT2D eigenvalue weighted by molar-refractivity contribution is 7.88. The number of hydrogen-bond acceptors (Lipinski definition) is 4. The minimum atomic E-state index is -3.42. The molecule has 1 N–H and O–H groups in total. The van der Waals surface area contributed by atoms with Crippen LogP contribution < -0.4 is 5.32 Å². The Kier molecular flexibility index (Phi) is 8.54. The van der Waals surface area contributed by atoms with Gasteiger partial charge >= 0.3 is 0 Å². The van der Waals surface area contributed by atoms with Crippen LogP contribution in [0.4, 0.5) is 0 Å². The van der Waals surface area contributed by atoms with Crippen molar-refractivity contribution in [3.05, 3.63) is 34.9 Å². The second-order valence-electron chi connectivity index (χ2n) is 5.17. The molecule has 0 aliphatic rings. The summed E-state index contributed by atoms with van der Waals surface area (Å²) in [7, 11) is -1.87. The van der Waals surface area contributed by atoms with Crippen LogP contribution in [-0.2, 0) is 26.0 Å². The summed E-state index contributed by atoms with van der Waals surface area (Å²) < 4.78 is 29.4. The lowest BCUT2D eigenvalue weighted by molar-refractivity contribution is -0.121. The quantitative estimate of drug-likeness (QED) is 0.636. The molecular formula is C15H23ClN2O4S. The predicted octanol–water partition coefficient (Wildman–Crippen LogP) is 1.30. The molecule has 0 saturated heterocycles. The smallest absolute Gasteiger partial charge is 0.235 e. The maximum absolute atomic E-state index is 11.9. The summed E-state index contributed by atoms with van der Waals surface area (Å²) >= 11 is 5.89. The normalized spacial score (nSPS) is 11.7. The number of hydrogen-bond donors (Lipinski definition) is 1. The van der Waals surface area contributed by atoms with Crippen LogP contribution in [0.5, 0.6) is 0 Å². The van der Waals surface area contributed by atoms with E-state index in [-0.39, 0.29) is 19.0 Å². The maximum Gasteiger partial charge on any atom is 0.235 e. The van der Waals surface area contributed by atoms with Crippen LogP contribution in [0, 0.1) is 0 Å². The van der Waals surface area contributed by atoms with E-state index in [1.165, 1.54) is 0 Å². The molecular weight excluding hydrogens is 340 g/mol. The van der Waals surface area contributed by atoms with Crippen LogP contribution in [0.2, 0.25) is 5.02 Å². The Balaban J connectivity index is 2.43. The molecule has 1 aromatic rings. The summed E-state index contributed by atoms with van der Waals surface area (Å²) in [6.07, 6.45) is 2.27. The summed E-state index contributed by atoms with van der Waals surface area (Å²) in [6, 6.07) is 7.39. The number of benzene rings is 1. The van der Waals surface area contributed by atoms with Crippen LogP contribution in [0.3, 0.4) is 0 Å². The van der Waals surface area contributed by atoms with Crippen molar-refractivity contribution < 1.29 is 17.9 Å². The Morgan fingerprint density at radius 2 is 2.13 bits per heavy atom. The second kappa shape index (κ2) is 9.87. The van der Waals surface area contributed by atoms with Crippen LogP contribution >= 0.6 is 11.6 Å². The number of carbonyl (C=O) groups is 1. The molecule has 1 amide bonds. The lowest BCUT2D eigenvalue weighted by Gasteiger charge is -2.19. The molecule has 23 heavy (non-hydrogen) atoms. The third-order valence-electron chi connectivity index (χ3n) is 3.17. The molecule has 0 aromatic heterocycles. The highest BCUT2D eigenvalue weighted by Gasteiger charge is 2.19. The van der Waals surface area contributed by atoms with E-state index >= 15 is 0 Å². The van der Waals surface area contributed by atoms with Gasteiger partial charge in [0.15, 0.2) is 0 Å². The summed E-state index contributed by atoms with van der Waals surface area (Å²) in [5.74, 6) is -0.324. The minimum absolute atomic E-state index is 0.182. The summed E-state index contributed by atoms with van der Waals surface area (Å²) in [6.45, 7) is 0.948. The van der Waals surface area contributed by atoms with Crippen molar-refractivity contribution in [2.45, 2.75) is 12.8 Å². The fourth-order valence-electron chi connectivity index (χ4n) is 2.00. The van der Waals surface area contributed by atoms with E-state index in [1.807, 2.05) is 18.2 Å². The molecule has 0 radical (unpaired) electrons. The summed E-state index contributed by atoms with van der Waals surface area (Å²) in [5.41, 5.74) is 1.01. The van der Waals surface area contributed by atoms with Crippen molar-refractivity contribution in [2.75, 3.05) is 39.6 Å². The molecule has 1 aromatic carbocycles. The van der Waals surface area contributed by atoms with E-state index in [4.69, 9.17) is 16.3 Å². The van der Waals surface area contributed by atoms with E-state index in [0.717, 1.165) is 16.1 Å². The molecule has 0 heterocycles. The van der Waals surface area contributed by atoms with Gasteiger partial charge in [-0.1, -0.05) is 23.7 Å². The third kappa shape index (κ3) is 8.31. The van der Waals surface area contributed by atoms with Crippen molar-refractivity contribution in [1.29, 1.82) is 0 Å². The first-order valence-corrected chi connectivity index (χ1v) is 9.50. The van der Waals surface area contributed by atoms with Crippen molar-refractivity contribution in [2.24, 2.45) is 0 Å². The van der Waals surface area contributed by atoms with Crippen LogP contribution in [0.15, 0.2) is 24.3 Å². The minimum Gasteiger partial charge on any atom is -0.385 e. The first kappa shape index (κ1) is 19.9. The first-order valence-electron chi connectivity index (χ1n) is 7.28. The van der Waals surface area contributed by atoms with E-state index in [2.05, 4.69) is 5.32 Å². The average molecular weight is 363 g/mol. The molecule has 130 valence electrons. The van der Waals surface area contributed by atoms with Gasteiger partial charge < -0.3 is 10.1 Å². The standard InChI is InChI=1S/C15H23ClN2O4S/c1-22-10-4-9-18(23(2,20)21)12-15(19)17-8-7-13-5-3-6-14(16)11-13/h3,5-6,11H,4,7-10,12H2,1-2H3,(H,17,19). The molecule has 8 heteroatoms. The Bertz CT molecular complexity index is 607. The molecule has 1 rings (SSSR count). The molecule has 0 unspecified atom stereocenters. The first-order chi connectivity index (χ1) is 10.8. The summed E-state index contributed by atoms with van der Waals surface area (Å²) in [5, 5.41) is 3.37. The number of nitrogens with one attached hydrogen (secondary N) is 1. The monoisotopic (exact) mass is 362 g/mol. The fourth-order valence-corrected chi connectivity index (χ4v) is 3.03. The SMILES string of the molecule is COCCCN(CC(=O)NCCc1cccc(Cl)c1)S(C)(=O)=O. The average Bonchev–Trinajstić information content (AvgIpc) is 2.45. The molecule has 6 nitrogen and oxygen atoms in total. The number of sulfonamides is 1. The molecule has 0 aliphatic heterocycles. The van der Waals surface area contributed by atoms with Crippen molar-refractivity contribution >= 4 is 27.5 Å².